The van der Waals surface area contributed by atoms with Crippen LogP contribution in [0, 0.1) is 0 Å². The second-order valence-electron chi connectivity index (χ2n) is 4.42. The number of piperazine rings is 1. The molecule has 1 heterocycles. The number of aromatic hydroxyl groups is 1. The number of hydrogen-bond donors (Lipinski definition) is 3. The molecule has 2 rings (SSSR count). The summed E-state index contributed by atoms with van der Waals surface area (Å²) >= 11 is 0. The average Bonchev–Trinajstić information content (AvgIpc) is 2.42. The zero-order valence-corrected chi connectivity index (χ0v) is 10.6. The van der Waals surface area contributed by atoms with Gasteiger partial charge < -0.3 is 20.3 Å². The number of phenolic OH excluding ortho intramolecular Hbond substituents is 1. The highest BCUT2D eigenvalue weighted by Crippen LogP contribution is 2.31. The molecule has 5 nitrogen and oxygen atoms in total. The maximum Gasteiger partial charge on any atom is 0.160 e. The second kappa shape index (κ2) is 6.04. The summed E-state index contributed by atoms with van der Waals surface area (Å²) < 4.78 is 5.11. The summed E-state index contributed by atoms with van der Waals surface area (Å²) in [7, 11) is 1.53. The van der Waals surface area contributed by atoms with E-state index in [4.69, 9.17) is 4.74 Å². The Balaban J connectivity index is 2.20. The third kappa shape index (κ3) is 2.75. The summed E-state index contributed by atoms with van der Waals surface area (Å²) in [6.07, 6.45) is 0. The van der Waals surface area contributed by atoms with Gasteiger partial charge in [0.1, 0.15) is 0 Å². The third-order valence-corrected chi connectivity index (χ3v) is 3.35. The fourth-order valence-electron chi connectivity index (χ4n) is 2.33. The van der Waals surface area contributed by atoms with Crippen molar-refractivity contribution in [3.63, 3.8) is 0 Å². The summed E-state index contributed by atoms with van der Waals surface area (Å²) in [4.78, 5) is 2.24. The predicted molar refractivity (Wildman–Crippen MR) is 68.9 cm³/mol. The van der Waals surface area contributed by atoms with E-state index in [2.05, 4.69) is 10.2 Å². The standard InChI is InChI=1S/C13H20N2O3/c1-18-13-8-10(2-3-12(13)17)11(9-16)15-6-4-14-5-7-15/h2-3,8,11,14,16-17H,4-7,9H2,1H3/t11-/m0/s1. The SMILES string of the molecule is COc1cc([C@H](CO)N2CCNCC2)ccc1O. The van der Waals surface area contributed by atoms with Gasteiger partial charge in [0.25, 0.3) is 0 Å². The Morgan fingerprint density at radius 3 is 2.72 bits per heavy atom. The molecule has 0 radical (unpaired) electrons. The topological polar surface area (TPSA) is 65.0 Å². The van der Waals surface area contributed by atoms with E-state index in [-0.39, 0.29) is 18.4 Å². The Bertz CT molecular complexity index is 392. The number of rotatable bonds is 4. The van der Waals surface area contributed by atoms with E-state index in [1.807, 2.05) is 6.07 Å². The van der Waals surface area contributed by atoms with Crippen LogP contribution < -0.4 is 10.1 Å². The lowest BCUT2D eigenvalue weighted by Gasteiger charge is -2.34. The van der Waals surface area contributed by atoms with Crippen LogP contribution in [0.1, 0.15) is 11.6 Å². The summed E-state index contributed by atoms with van der Waals surface area (Å²) in [6, 6.07) is 5.19. The van der Waals surface area contributed by atoms with E-state index in [0.29, 0.717) is 5.75 Å². The minimum Gasteiger partial charge on any atom is -0.504 e. The molecule has 0 spiro atoms. The molecule has 0 aromatic heterocycles. The fourth-order valence-corrected chi connectivity index (χ4v) is 2.33. The zero-order valence-electron chi connectivity index (χ0n) is 10.6. The van der Waals surface area contributed by atoms with Gasteiger partial charge in [0.05, 0.1) is 19.8 Å². The first-order valence-electron chi connectivity index (χ1n) is 6.18. The van der Waals surface area contributed by atoms with Crippen LogP contribution in [0.15, 0.2) is 18.2 Å². The van der Waals surface area contributed by atoms with Crippen molar-refractivity contribution in [3.05, 3.63) is 23.8 Å². The van der Waals surface area contributed by atoms with Crippen LogP contribution in [0.25, 0.3) is 0 Å². The van der Waals surface area contributed by atoms with Gasteiger partial charge in [-0.3, -0.25) is 4.90 Å². The Kier molecular flexibility index (Phi) is 4.41. The van der Waals surface area contributed by atoms with Crippen LogP contribution in [-0.2, 0) is 0 Å². The van der Waals surface area contributed by atoms with E-state index in [1.54, 1.807) is 12.1 Å². The molecule has 0 aliphatic carbocycles. The summed E-state index contributed by atoms with van der Waals surface area (Å²) in [5, 5.41) is 22.5. The Morgan fingerprint density at radius 1 is 1.39 bits per heavy atom. The highest BCUT2D eigenvalue weighted by molar-refractivity contribution is 5.42. The van der Waals surface area contributed by atoms with Crippen molar-refractivity contribution in [2.75, 3.05) is 39.9 Å². The molecule has 1 atom stereocenters. The molecule has 0 unspecified atom stereocenters. The molecule has 0 amide bonds. The molecular weight excluding hydrogens is 232 g/mol. The van der Waals surface area contributed by atoms with Crippen LogP contribution in [0.2, 0.25) is 0 Å². The van der Waals surface area contributed by atoms with Crippen LogP contribution in [0.4, 0.5) is 0 Å². The molecular formula is C13H20N2O3. The van der Waals surface area contributed by atoms with Crippen LogP contribution in [0.5, 0.6) is 11.5 Å². The molecule has 18 heavy (non-hydrogen) atoms. The van der Waals surface area contributed by atoms with Crippen molar-refractivity contribution in [1.82, 2.24) is 10.2 Å². The van der Waals surface area contributed by atoms with Gasteiger partial charge in [0.2, 0.25) is 0 Å². The highest BCUT2D eigenvalue weighted by Gasteiger charge is 2.22. The summed E-state index contributed by atoms with van der Waals surface area (Å²) in [6.45, 7) is 3.76. The quantitative estimate of drug-likeness (QED) is 0.721. The van der Waals surface area contributed by atoms with E-state index < -0.39 is 0 Å². The zero-order chi connectivity index (χ0) is 13.0. The van der Waals surface area contributed by atoms with Crippen molar-refractivity contribution >= 4 is 0 Å². The molecule has 1 saturated heterocycles. The highest BCUT2D eigenvalue weighted by atomic mass is 16.5. The number of phenols is 1. The van der Waals surface area contributed by atoms with Gasteiger partial charge in [0, 0.05) is 26.2 Å². The van der Waals surface area contributed by atoms with Gasteiger partial charge in [-0.15, -0.1) is 0 Å². The number of nitrogens with zero attached hydrogens (tertiary/aromatic N) is 1. The van der Waals surface area contributed by atoms with Crippen molar-refractivity contribution in [2.24, 2.45) is 0 Å². The number of benzene rings is 1. The monoisotopic (exact) mass is 252 g/mol. The number of aliphatic hydroxyl groups excluding tert-OH is 1. The smallest absolute Gasteiger partial charge is 0.160 e. The van der Waals surface area contributed by atoms with Crippen LogP contribution >= 0.6 is 0 Å². The van der Waals surface area contributed by atoms with E-state index in [1.165, 1.54) is 7.11 Å². The van der Waals surface area contributed by atoms with E-state index in [0.717, 1.165) is 31.7 Å². The largest absolute Gasteiger partial charge is 0.504 e. The number of methoxy groups -OCH3 is 1. The van der Waals surface area contributed by atoms with Crippen molar-refractivity contribution < 1.29 is 14.9 Å². The molecule has 0 saturated carbocycles. The minimum atomic E-state index is -0.0402. The number of nitrogens with one attached hydrogen (secondary N) is 1. The van der Waals surface area contributed by atoms with Gasteiger partial charge in [-0.1, -0.05) is 6.07 Å². The first kappa shape index (κ1) is 13.1. The number of hydrogen-bond acceptors (Lipinski definition) is 5. The number of aliphatic hydroxyl groups is 1. The van der Waals surface area contributed by atoms with Gasteiger partial charge in [-0.25, -0.2) is 0 Å². The van der Waals surface area contributed by atoms with E-state index in [9.17, 15) is 10.2 Å². The number of ether oxygens (including phenoxy) is 1. The molecule has 100 valence electrons. The third-order valence-electron chi connectivity index (χ3n) is 3.35. The first-order chi connectivity index (χ1) is 8.76. The van der Waals surface area contributed by atoms with E-state index >= 15 is 0 Å². The van der Waals surface area contributed by atoms with Crippen molar-refractivity contribution in [3.8, 4) is 11.5 Å². The molecule has 3 N–H and O–H groups in total. The van der Waals surface area contributed by atoms with Crippen molar-refractivity contribution in [2.45, 2.75) is 6.04 Å². The van der Waals surface area contributed by atoms with Gasteiger partial charge in [-0.05, 0) is 17.7 Å². The van der Waals surface area contributed by atoms with Gasteiger partial charge >= 0.3 is 0 Å². The normalized spacial score (nSPS) is 18.6. The van der Waals surface area contributed by atoms with Crippen molar-refractivity contribution in [1.29, 1.82) is 0 Å². The molecule has 1 fully saturated rings. The maximum absolute atomic E-state index is 9.60. The Morgan fingerprint density at radius 2 is 2.11 bits per heavy atom. The Labute approximate surface area is 107 Å². The molecule has 0 bridgehead atoms. The fraction of sp³-hybridized carbons (Fsp3) is 0.538. The first-order valence-corrected chi connectivity index (χ1v) is 6.18. The molecule has 5 heteroatoms. The maximum atomic E-state index is 9.60. The second-order valence-corrected chi connectivity index (χ2v) is 4.42. The van der Waals surface area contributed by atoms with Gasteiger partial charge in [-0.2, -0.15) is 0 Å². The Hall–Kier alpha value is -1.30. The molecule has 1 aromatic carbocycles. The lowest BCUT2D eigenvalue weighted by atomic mass is 10.0. The molecule has 1 aliphatic rings. The predicted octanol–water partition coefficient (Wildman–Crippen LogP) is 0.339. The summed E-state index contributed by atoms with van der Waals surface area (Å²) in [5.74, 6) is 0.569. The lowest BCUT2D eigenvalue weighted by Crippen LogP contribution is -2.46. The average molecular weight is 252 g/mol. The summed E-state index contributed by atoms with van der Waals surface area (Å²) in [5.41, 5.74) is 0.967. The van der Waals surface area contributed by atoms with Gasteiger partial charge in [0.15, 0.2) is 11.5 Å². The molecule has 1 aromatic rings. The van der Waals surface area contributed by atoms with Crippen LogP contribution in [0.3, 0.4) is 0 Å². The lowest BCUT2D eigenvalue weighted by molar-refractivity contribution is 0.110. The minimum absolute atomic E-state index is 0.0402. The molecule has 1 aliphatic heterocycles. The van der Waals surface area contributed by atoms with Crippen LogP contribution in [-0.4, -0.2) is 55.0 Å².